The van der Waals surface area contributed by atoms with Crippen molar-refractivity contribution in [2.24, 2.45) is 0 Å². The Labute approximate surface area is 189 Å². The molecule has 0 saturated heterocycles. The molecule has 3 aromatic carbocycles. The normalized spacial score (nSPS) is 11.1. The second kappa shape index (κ2) is 9.78. The second-order valence-electron chi connectivity index (χ2n) is 7.69. The van der Waals surface area contributed by atoms with E-state index in [-0.39, 0.29) is 17.0 Å². The summed E-state index contributed by atoms with van der Waals surface area (Å²) < 4.78 is 26.1. The summed E-state index contributed by atoms with van der Waals surface area (Å²) in [6, 6.07) is 22.1. The number of para-hydroxylation sites is 1. The van der Waals surface area contributed by atoms with Gasteiger partial charge in [0, 0.05) is 18.3 Å². The van der Waals surface area contributed by atoms with Crippen molar-refractivity contribution in [3.05, 3.63) is 95.6 Å². The number of carbonyl (C=O) groups is 2. The number of hydrogen-bond donors (Lipinski definition) is 0. The Kier molecular flexibility index (Phi) is 7.10. The van der Waals surface area contributed by atoms with Crippen molar-refractivity contribution in [1.29, 1.82) is 0 Å². The number of aryl methyl sites for hydroxylation is 2. The molecule has 2 amide bonds. The lowest BCUT2D eigenvalue weighted by atomic mass is 10.2. The van der Waals surface area contributed by atoms with Gasteiger partial charge in [0.2, 0.25) is 5.91 Å². The maximum Gasteiger partial charge on any atom is 0.261 e. The first-order valence-corrected chi connectivity index (χ1v) is 11.8. The van der Waals surface area contributed by atoms with Crippen LogP contribution in [0.25, 0.3) is 0 Å². The number of sulfone groups is 1. The lowest BCUT2D eigenvalue weighted by Gasteiger charge is -2.26. The molecule has 0 aliphatic rings. The van der Waals surface area contributed by atoms with Gasteiger partial charge in [-0.3, -0.25) is 14.5 Å². The van der Waals surface area contributed by atoms with Crippen LogP contribution in [0, 0.1) is 13.8 Å². The Hall–Kier alpha value is -3.45. The van der Waals surface area contributed by atoms with E-state index < -0.39 is 27.5 Å². The highest BCUT2D eigenvalue weighted by Crippen LogP contribution is 2.19. The molecule has 0 saturated carbocycles. The maximum atomic E-state index is 13.2. The van der Waals surface area contributed by atoms with E-state index in [0.29, 0.717) is 0 Å². The fraction of sp³-hybridized carbons (Fsp3) is 0.200. The van der Waals surface area contributed by atoms with Crippen LogP contribution in [0.5, 0.6) is 0 Å². The minimum atomic E-state index is -3.92. The summed E-state index contributed by atoms with van der Waals surface area (Å²) in [5.74, 6) is -1.98. The largest absolute Gasteiger partial charge is 0.365 e. The van der Waals surface area contributed by atoms with E-state index in [4.69, 9.17) is 0 Å². The Morgan fingerprint density at radius 2 is 1.41 bits per heavy atom. The number of benzene rings is 3. The van der Waals surface area contributed by atoms with Gasteiger partial charge in [0.05, 0.1) is 11.4 Å². The van der Waals surface area contributed by atoms with Crippen molar-refractivity contribution in [3.63, 3.8) is 0 Å². The summed E-state index contributed by atoms with van der Waals surface area (Å²) in [5.41, 5.74) is 2.96. The summed E-state index contributed by atoms with van der Waals surface area (Å²) in [5, 5.41) is 0. The van der Waals surface area contributed by atoms with Gasteiger partial charge in [0.25, 0.3) is 5.91 Å². The molecule has 0 spiro atoms. The number of rotatable bonds is 7. The van der Waals surface area contributed by atoms with Crippen molar-refractivity contribution < 1.29 is 18.0 Å². The van der Waals surface area contributed by atoms with Gasteiger partial charge in [-0.15, -0.1) is 0 Å². The third kappa shape index (κ3) is 5.42. The molecular weight excluding hydrogens is 424 g/mol. The van der Waals surface area contributed by atoms with Crippen LogP contribution in [-0.2, 0) is 14.6 Å². The van der Waals surface area contributed by atoms with Gasteiger partial charge in [-0.25, -0.2) is 8.42 Å². The quantitative estimate of drug-likeness (QED) is 0.547. The standard InChI is InChI=1S/C25H26N2O4S/c1-19-13-15-22(16-14-19)32(30,31)18-27(25(29)21-10-5-4-6-11-21)24(28)17-26(3)23-12-8-7-9-20(23)2/h4-16H,17-18H2,1-3H3. The van der Waals surface area contributed by atoms with E-state index in [0.717, 1.165) is 21.7 Å². The lowest BCUT2D eigenvalue weighted by Crippen LogP contribution is -2.45. The average Bonchev–Trinajstić information content (AvgIpc) is 2.78. The lowest BCUT2D eigenvalue weighted by molar-refractivity contribution is -0.126. The summed E-state index contributed by atoms with van der Waals surface area (Å²) in [7, 11) is -2.18. The molecule has 3 rings (SSSR count). The number of carbonyl (C=O) groups excluding carboxylic acids is 2. The highest BCUT2D eigenvalue weighted by molar-refractivity contribution is 7.91. The smallest absolute Gasteiger partial charge is 0.261 e. The molecule has 0 aromatic heterocycles. The summed E-state index contributed by atoms with van der Waals surface area (Å²) >= 11 is 0. The van der Waals surface area contributed by atoms with Crippen molar-refractivity contribution in [2.45, 2.75) is 18.7 Å². The first kappa shape index (κ1) is 23.2. The number of amides is 2. The zero-order valence-electron chi connectivity index (χ0n) is 18.4. The predicted octanol–water partition coefficient (Wildman–Crippen LogP) is 3.84. The van der Waals surface area contributed by atoms with E-state index >= 15 is 0 Å². The van der Waals surface area contributed by atoms with Crippen LogP contribution in [0.2, 0.25) is 0 Å². The molecule has 0 aliphatic carbocycles. The van der Waals surface area contributed by atoms with Crippen LogP contribution in [0.4, 0.5) is 5.69 Å². The van der Waals surface area contributed by atoms with Gasteiger partial charge in [-0.05, 0) is 49.7 Å². The number of anilines is 1. The first-order chi connectivity index (χ1) is 15.2. The summed E-state index contributed by atoms with van der Waals surface area (Å²) in [4.78, 5) is 29.0. The highest BCUT2D eigenvalue weighted by atomic mass is 32.2. The highest BCUT2D eigenvalue weighted by Gasteiger charge is 2.30. The molecule has 0 bridgehead atoms. The number of hydrogen-bond acceptors (Lipinski definition) is 5. The average molecular weight is 451 g/mol. The number of nitrogens with zero attached hydrogens (tertiary/aromatic N) is 2. The van der Waals surface area contributed by atoms with Crippen LogP contribution < -0.4 is 4.90 Å². The van der Waals surface area contributed by atoms with Gasteiger partial charge in [0.1, 0.15) is 5.88 Å². The Balaban J connectivity index is 1.91. The molecule has 7 heteroatoms. The van der Waals surface area contributed by atoms with E-state index in [9.17, 15) is 18.0 Å². The van der Waals surface area contributed by atoms with Crippen molar-refractivity contribution in [3.8, 4) is 0 Å². The van der Waals surface area contributed by atoms with Crippen LogP contribution in [0.1, 0.15) is 21.5 Å². The number of likely N-dealkylation sites (N-methyl/N-ethyl adjacent to an activating group) is 1. The SMILES string of the molecule is Cc1ccc(S(=O)(=O)CN(C(=O)CN(C)c2ccccc2C)C(=O)c2ccccc2)cc1. The topological polar surface area (TPSA) is 74.8 Å². The zero-order chi connectivity index (χ0) is 23.3. The molecule has 0 atom stereocenters. The minimum Gasteiger partial charge on any atom is -0.365 e. The molecule has 0 N–H and O–H groups in total. The van der Waals surface area contributed by atoms with Crippen LogP contribution in [0.3, 0.4) is 0 Å². The van der Waals surface area contributed by atoms with E-state index in [1.54, 1.807) is 54.4 Å². The first-order valence-electron chi connectivity index (χ1n) is 10.1. The third-order valence-electron chi connectivity index (χ3n) is 5.15. The van der Waals surface area contributed by atoms with Crippen molar-refractivity contribution in [1.82, 2.24) is 4.90 Å². The molecule has 0 aliphatic heterocycles. The minimum absolute atomic E-state index is 0.0639. The third-order valence-corrected chi connectivity index (χ3v) is 6.73. The van der Waals surface area contributed by atoms with Crippen LogP contribution in [-0.4, -0.2) is 44.6 Å². The summed E-state index contributed by atoms with van der Waals surface area (Å²) in [6.07, 6.45) is 0. The maximum absolute atomic E-state index is 13.2. The Bertz CT molecular complexity index is 1210. The van der Waals surface area contributed by atoms with Gasteiger partial charge < -0.3 is 4.90 Å². The molecule has 0 radical (unpaired) electrons. The van der Waals surface area contributed by atoms with Gasteiger partial charge in [0.15, 0.2) is 9.84 Å². The predicted molar refractivity (Wildman–Crippen MR) is 125 cm³/mol. The number of imide groups is 1. The van der Waals surface area contributed by atoms with E-state index in [1.165, 1.54) is 12.1 Å². The Morgan fingerprint density at radius 1 is 0.812 bits per heavy atom. The van der Waals surface area contributed by atoms with E-state index in [1.807, 2.05) is 38.1 Å². The molecular formula is C25H26N2O4S. The molecule has 0 heterocycles. The van der Waals surface area contributed by atoms with Crippen molar-refractivity contribution in [2.75, 3.05) is 24.4 Å². The fourth-order valence-corrected chi connectivity index (χ4v) is 4.64. The molecule has 6 nitrogen and oxygen atoms in total. The molecule has 0 unspecified atom stereocenters. The molecule has 3 aromatic rings. The van der Waals surface area contributed by atoms with Crippen molar-refractivity contribution >= 4 is 27.3 Å². The molecule has 166 valence electrons. The van der Waals surface area contributed by atoms with Gasteiger partial charge in [-0.1, -0.05) is 54.1 Å². The fourth-order valence-electron chi connectivity index (χ4n) is 3.34. The second-order valence-corrected chi connectivity index (χ2v) is 9.65. The monoisotopic (exact) mass is 450 g/mol. The molecule has 0 fully saturated rings. The van der Waals surface area contributed by atoms with E-state index in [2.05, 4.69) is 0 Å². The summed E-state index contributed by atoms with van der Waals surface area (Å²) in [6.45, 7) is 3.63. The Morgan fingerprint density at radius 3 is 2.03 bits per heavy atom. The zero-order valence-corrected chi connectivity index (χ0v) is 19.2. The van der Waals surface area contributed by atoms with Gasteiger partial charge >= 0.3 is 0 Å². The molecule has 32 heavy (non-hydrogen) atoms. The van der Waals surface area contributed by atoms with Crippen LogP contribution in [0.15, 0.2) is 83.8 Å². The van der Waals surface area contributed by atoms with Gasteiger partial charge in [-0.2, -0.15) is 0 Å². The van der Waals surface area contributed by atoms with Crippen LogP contribution >= 0.6 is 0 Å².